The van der Waals surface area contributed by atoms with Crippen molar-refractivity contribution in [2.24, 2.45) is 0 Å². The molecule has 0 aliphatic carbocycles. The molecule has 3 rings (SSSR count). The lowest BCUT2D eigenvalue weighted by Crippen LogP contribution is -2.42. The van der Waals surface area contributed by atoms with Gasteiger partial charge in [-0.1, -0.05) is 18.2 Å². The molecule has 7 nitrogen and oxygen atoms in total. The van der Waals surface area contributed by atoms with Crippen LogP contribution in [0.1, 0.15) is 18.9 Å². The minimum absolute atomic E-state index is 0.0944. The highest BCUT2D eigenvalue weighted by Gasteiger charge is 2.24. The molecule has 1 aliphatic heterocycles. The van der Waals surface area contributed by atoms with E-state index in [0.29, 0.717) is 18.3 Å². The van der Waals surface area contributed by atoms with E-state index in [-0.39, 0.29) is 18.4 Å². The van der Waals surface area contributed by atoms with Crippen molar-refractivity contribution in [3.8, 4) is 0 Å². The minimum atomic E-state index is -0.139. The first-order valence-electron chi connectivity index (χ1n) is 8.44. The Morgan fingerprint density at radius 2 is 2.04 bits per heavy atom. The number of hydrogen-bond acceptors (Lipinski definition) is 4. The van der Waals surface area contributed by atoms with E-state index in [2.05, 4.69) is 39.7 Å². The second-order valence-corrected chi connectivity index (χ2v) is 6.29. The average Bonchev–Trinajstić information content (AvgIpc) is 3.04. The van der Waals surface area contributed by atoms with Crippen molar-refractivity contribution >= 4 is 23.2 Å². The molecule has 7 heteroatoms. The Balaban J connectivity index is 1.64. The van der Waals surface area contributed by atoms with Gasteiger partial charge in [-0.15, -0.1) is 0 Å². The lowest BCUT2D eigenvalue weighted by Gasteiger charge is -2.36. The minimum Gasteiger partial charge on any atom is -0.359 e. The third-order valence-corrected chi connectivity index (χ3v) is 4.48. The number of amides is 2. The second-order valence-electron chi connectivity index (χ2n) is 6.29. The normalized spacial score (nSPS) is 16.2. The molecule has 0 saturated heterocycles. The highest BCUT2D eigenvalue weighted by atomic mass is 16.2. The fraction of sp³-hybridized carbons (Fsp3) is 0.389. The quantitative estimate of drug-likeness (QED) is 0.862. The summed E-state index contributed by atoms with van der Waals surface area (Å²) < 4.78 is 1.49. The first-order valence-corrected chi connectivity index (χ1v) is 8.44. The van der Waals surface area contributed by atoms with E-state index in [0.717, 1.165) is 18.5 Å². The van der Waals surface area contributed by atoms with Gasteiger partial charge in [-0.2, -0.15) is 5.10 Å². The highest BCUT2D eigenvalue weighted by Crippen LogP contribution is 2.30. The van der Waals surface area contributed by atoms with Gasteiger partial charge in [-0.25, -0.2) is 0 Å². The van der Waals surface area contributed by atoms with E-state index >= 15 is 0 Å². The summed E-state index contributed by atoms with van der Waals surface area (Å²) in [5.74, 6) is -0.234. The molecule has 25 heavy (non-hydrogen) atoms. The van der Waals surface area contributed by atoms with Gasteiger partial charge >= 0.3 is 0 Å². The van der Waals surface area contributed by atoms with Gasteiger partial charge in [0.1, 0.15) is 6.54 Å². The maximum absolute atomic E-state index is 12.5. The molecule has 1 aromatic heterocycles. The molecular weight excluding hydrogens is 318 g/mol. The van der Waals surface area contributed by atoms with Crippen LogP contribution in [-0.2, 0) is 22.6 Å². The molecule has 132 valence electrons. The Bertz CT molecular complexity index is 770. The molecule has 1 aliphatic rings. The maximum atomic E-state index is 12.5. The van der Waals surface area contributed by atoms with E-state index in [4.69, 9.17) is 0 Å². The summed E-state index contributed by atoms with van der Waals surface area (Å²) in [4.78, 5) is 26.0. The number of nitrogens with zero attached hydrogens (tertiary/aromatic N) is 3. The second kappa shape index (κ2) is 7.38. The van der Waals surface area contributed by atoms with Crippen LogP contribution in [0.15, 0.2) is 36.7 Å². The van der Waals surface area contributed by atoms with Crippen LogP contribution in [-0.4, -0.2) is 41.2 Å². The third-order valence-electron chi connectivity index (χ3n) is 4.48. The van der Waals surface area contributed by atoms with E-state index in [9.17, 15) is 9.59 Å². The standard InChI is InChI=1S/C18H23N5O2/c1-13-7-8-14-5-3-4-6-16(14)23(13)12-18(25)21-15-9-20-22(10-15)11-17(24)19-2/h3-6,9-10,13H,7-8,11-12H2,1-2H3,(H,19,24)(H,21,25)/t13-/m1/s1. The van der Waals surface area contributed by atoms with E-state index in [1.807, 2.05) is 12.1 Å². The number of nitrogens with one attached hydrogen (secondary N) is 2. The molecule has 1 atom stereocenters. The Hall–Kier alpha value is -2.83. The monoisotopic (exact) mass is 341 g/mol. The summed E-state index contributed by atoms with van der Waals surface area (Å²) in [5.41, 5.74) is 3.00. The van der Waals surface area contributed by atoms with Gasteiger partial charge in [-0.05, 0) is 31.4 Å². The molecular formula is C18H23N5O2. The van der Waals surface area contributed by atoms with Crippen molar-refractivity contribution < 1.29 is 9.59 Å². The van der Waals surface area contributed by atoms with Crippen molar-refractivity contribution in [3.63, 3.8) is 0 Å². The van der Waals surface area contributed by atoms with Gasteiger partial charge < -0.3 is 15.5 Å². The van der Waals surface area contributed by atoms with Crippen LogP contribution in [0.25, 0.3) is 0 Å². The number of hydrogen-bond donors (Lipinski definition) is 2. The summed E-state index contributed by atoms with van der Waals surface area (Å²) in [6.45, 7) is 2.56. The molecule has 0 spiro atoms. The van der Waals surface area contributed by atoms with Crippen LogP contribution in [0.5, 0.6) is 0 Å². The largest absolute Gasteiger partial charge is 0.359 e. The molecule has 2 heterocycles. The fourth-order valence-electron chi connectivity index (χ4n) is 3.10. The van der Waals surface area contributed by atoms with Crippen LogP contribution in [0.4, 0.5) is 11.4 Å². The zero-order valence-electron chi connectivity index (χ0n) is 14.5. The number of anilines is 2. The van der Waals surface area contributed by atoms with Gasteiger partial charge in [0.05, 0.1) is 18.4 Å². The van der Waals surface area contributed by atoms with Gasteiger partial charge in [0.25, 0.3) is 0 Å². The van der Waals surface area contributed by atoms with Crippen molar-refractivity contribution in [2.45, 2.75) is 32.4 Å². The van der Waals surface area contributed by atoms with Crippen molar-refractivity contribution in [2.75, 3.05) is 23.8 Å². The van der Waals surface area contributed by atoms with Crippen LogP contribution in [0.2, 0.25) is 0 Å². The molecule has 0 fully saturated rings. The summed E-state index contributed by atoms with van der Waals surface area (Å²) in [5, 5.41) is 9.48. The van der Waals surface area contributed by atoms with Crippen LogP contribution in [0, 0.1) is 0 Å². The van der Waals surface area contributed by atoms with Crippen molar-refractivity contribution in [3.05, 3.63) is 42.2 Å². The van der Waals surface area contributed by atoms with Crippen LogP contribution >= 0.6 is 0 Å². The predicted octanol–water partition coefficient (Wildman–Crippen LogP) is 1.41. The molecule has 0 unspecified atom stereocenters. The van der Waals surface area contributed by atoms with Crippen LogP contribution in [0.3, 0.4) is 0 Å². The molecule has 0 bridgehead atoms. The Morgan fingerprint density at radius 1 is 1.24 bits per heavy atom. The number of aromatic nitrogens is 2. The number of rotatable bonds is 5. The lowest BCUT2D eigenvalue weighted by atomic mass is 9.96. The molecule has 2 amide bonds. The highest BCUT2D eigenvalue weighted by molar-refractivity contribution is 5.94. The van der Waals surface area contributed by atoms with Crippen molar-refractivity contribution in [1.29, 1.82) is 0 Å². The molecule has 0 saturated carbocycles. The lowest BCUT2D eigenvalue weighted by molar-refractivity contribution is -0.121. The van der Waals surface area contributed by atoms with E-state index < -0.39 is 0 Å². The number of aryl methyl sites for hydroxylation is 1. The Labute approximate surface area is 147 Å². The SMILES string of the molecule is CNC(=O)Cn1cc(NC(=O)CN2c3ccccc3CC[C@H]2C)cn1. The number of benzene rings is 1. The average molecular weight is 341 g/mol. The maximum Gasteiger partial charge on any atom is 0.243 e. The number of likely N-dealkylation sites (N-methyl/N-ethyl adjacent to an activating group) is 1. The molecule has 2 N–H and O–H groups in total. The number of carbonyl (C=O) groups excluding carboxylic acids is 2. The Morgan fingerprint density at radius 3 is 2.84 bits per heavy atom. The Kier molecular flexibility index (Phi) is 5.02. The van der Waals surface area contributed by atoms with Gasteiger partial charge in [0.2, 0.25) is 11.8 Å². The van der Waals surface area contributed by atoms with Gasteiger partial charge in [-0.3, -0.25) is 14.3 Å². The predicted molar refractivity (Wildman–Crippen MR) is 96.5 cm³/mol. The number of carbonyl (C=O) groups is 2. The zero-order chi connectivity index (χ0) is 17.8. The van der Waals surface area contributed by atoms with E-state index in [1.54, 1.807) is 19.4 Å². The van der Waals surface area contributed by atoms with Crippen LogP contribution < -0.4 is 15.5 Å². The van der Waals surface area contributed by atoms with Gasteiger partial charge in [0, 0.05) is 25.0 Å². The van der Waals surface area contributed by atoms with Crippen molar-refractivity contribution in [1.82, 2.24) is 15.1 Å². The zero-order valence-corrected chi connectivity index (χ0v) is 14.5. The number of fused-ring (bicyclic) bond motifs is 1. The molecule has 1 aromatic carbocycles. The summed E-state index contributed by atoms with van der Waals surface area (Å²) >= 11 is 0. The number of para-hydroxylation sites is 1. The molecule has 2 aromatic rings. The topological polar surface area (TPSA) is 79.3 Å². The first-order chi connectivity index (χ1) is 12.1. The molecule has 0 radical (unpaired) electrons. The summed E-state index contributed by atoms with van der Waals surface area (Å²) in [6.07, 6.45) is 5.28. The smallest absolute Gasteiger partial charge is 0.243 e. The first kappa shape index (κ1) is 17.0. The fourth-order valence-corrected chi connectivity index (χ4v) is 3.10. The third kappa shape index (κ3) is 3.99. The summed E-state index contributed by atoms with van der Waals surface area (Å²) in [7, 11) is 1.58. The van der Waals surface area contributed by atoms with E-state index in [1.165, 1.54) is 10.2 Å². The van der Waals surface area contributed by atoms with Gasteiger partial charge in [0.15, 0.2) is 0 Å². The summed E-state index contributed by atoms with van der Waals surface area (Å²) in [6, 6.07) is 8.55.